The second kappa shape index (κ2) is 5.05. The lowest BCUT2D eigenvalue weighted by atomic mass is 10.4. The smallest absolute Gasteiger partial charge is 0.144 e. The largest absolute Gasteiger partial charge is 0.364 e. The van der Waals surface area contributed by atoms with Gasteiger partial charge < -0.3 is 5.32 Å². The zero-order valence-electron chi connectivity index (χ0n) is 7.58. The van der Waals surface area contributed by atoms with Gasteiger partial charge in [0.05, 0.1) is 14.8 Å². The molecular formula is C9H7Br2N3S. The minimum Gasteiger partial charge on any atom is -0.364 e. The summed E-state index contributed by atoms with van der Waals surface area (Å²) in [6.45, 7) is 0.770. The minimum atomic E-state index is 0.770. The topological polar surface area (TPSA) is 37.8 Å². The summed E-state index contributed by atoms with van der Waals surface area (Å²) in [5, 5.41) is 3.23. The van der Waals surface area contributed by atoms with Gasteiger partial charge in [0.15, 0.2) is 0 Å². The number of aromatic nitrogens is 2. The Morgan fingerprint density at radius 3 is 2.87 bits per heavy atom. The molecule has 15 heavy (non-hydrogen) atoms. The number of rotatable bonds is 3. The van der Waals surface area contributed by atoms with Gasteiger partial charge in [0, 0.05) is 11.1 Å². The van der Waals surface area contributed by atoms with E-state index in [1.165, 1.54) is 11.2 Å². The van der Waals surface area contributed by atoms with E-state index in [0.717, 1.165) is 20.6 Å². The van der Waals surface area contributed by atoms with Crippen LogP contribution in [-0.2, 0) is 6.54 Å². The van der Waals surface area contributed by atoms with Crippen molar-refractivity contribution < 1.29 is 0 Å². The van der Waals surface area contributed by atoms with Crippen molar-refractivity contribution in [3.05, 3.63) is 37.8 Å². The monoisotopic (exact) mass is 347 g/mol. The van der Waals surface area contributed by atoms with Crippen molar-refractivity contribution in [2.45, 2.75) is 6.54 Å². The van der Waals surface area contributed by atoms with Gasteiger partial charge in [0.2, 0.25) is 0 Å². The highest BCUT2D eigenvalue weighted by Gasteiger charge is 2.01. The molecule has 2 rings (SSSR count). The molecule has 0 atom stereocenters. The number of nitrogens with one attached hydrogen (secondary N) is 1. The van der Waals surface area contributed by atoms with Crippen LogP contribution in [0.25, 0.3) is 0 Å². The highest BCUT2D eigenvalue weighted by atomic mass is 79.9. The number of anilines is 1. The molecule has 0 saturated carbocycles. The van der Waals surface area contributed by atoms with Crippen LogP contribution < -0.4 is 5.32 Å². The molecule has 0 aliphatic rings. The van der Waals surface area contributed by atoms with Crippen LogP contribution in [0.5, 0.6) is 0 Å². The van der Waals surface area contributed by atoms with Crippen molar-refractivity contribution in [2.24, 2.45) is 0 Å². The SMILES string of the molecule is Brc1ccc(CNc2ncncc2Br)s1. The molecular weight excluding hydrogens is 342 g/mol. The van der Waals surface area contributed by atoms with Crippen LogP contribution in [0.4, 0.5) is 5.82 Å². The first kappa shape index (κ1) is 11.0. The standard InChI is InChI=1S/C9H7Br2N3S/c10-7-4-12-5-14-9(7)13-3-6-1-2-8(11)15-6/h1-2,4-5H,3H2,(H,12,13,14). The maximum atomic E-state index is 4.12. The van der Waals surface area contributed by atoms with Crippen molar-refractivity contribution >= 4 is 49.0 Å². The lowest BCUT2D eigenvalue weighted by Crippen LogP contribution is -2.00. The molecule has 1 N–H and O–H groups in total. The number of thiophene rings is 1. The summed E-state index contributed by atoms with van der Waals surface area (Å²) in [5.41, 5.74) is 0. The number of nitrogens with zero attached hydrogens (tertiary/aromatic N) is 2. The number of hydrogen-bond acceptors (Lipinski definition) is 4. The van der Waals surface area contributed by atoms with E-state index in [2.05, 4.69) is 53.2 Å². The third-order valence-corrected chi connectivity index (χ3v) is 3.93. The van der Waals surface area contributed by atoms with Crippen LogP contribution in [0.1, 0.15) is 4.88 Å². The highest BCUT2D eigenvalue weighted by molar-refractivity contribution is 9.11. The maximum absolute atomic E-state index is 4.12. The molecule has 2 aromatic rings. The molecule has 2 heterocycles. The van der Waals surface area contributed by atoms with E-state index in [0.29, 0.717) is 0 Å². The molecule has 3 nitrogen and oxygen atoms in total. The van der Waals surface area contributed by atoms with Gasteiger partial charge in [-0.05, 0) is 44.0 Å². The Kier molecular flexibility index (Phi) is 3.71. The fourth-order valence-electron chi connectivity index (χ4n) is 1.06. The quantitative estimate of drug-likeness (QED) is 0.919. The average molecular weight is 349 g/mol. The molecule has 6 heteroatoms. The third-order valence-electron chi connectivity index (χ3n) is 1.73. The van der Waals surface area contributed by atoms with Crippen molar-refractivity contribution in [3.8, 4) is 0 Å². The predicted octanol–water partition coefficient (Wildman–Crippen LogP) is 3.68. The van der Waals surface area contributed by atoms with Gasteiger partial charge in [-0.3, -0.25) is 0 Å². The van der Waals surface area contributed by atoms with Gasteiger partial charge >= 0.3 is 0 Å². The van der Waals surface area contributed by atoms with E-state index < -0.39 is 0 Å². The molecule has 0 aromatic carbocycles. The normalized spacial score (nSPS) is 10.3. The zero-order valence-corrected chi connectivity index (χ0v) is 11.6. The minimum absolute atomic E-state index is 0.770. The molecule has 0 amide bonds. The number of hydrogen-bond donors (Lipinski definition) is 1. The lowest BCUT2D eigenvalue weighted by molar-refractivity contribution is 1.09. The molecule has 0 bridgehead atoms. The molecule has 2 aromatic heterocycles. The Morgan fingerprint density at radius 2 is 2.20 bits per heavy atom. The Morgan fingerprint density at radius 1 is 1.33 bits per heavy atom. The molecule has 78 valence electrons. The molecule has 0 fully saturated rings. The first-order valence-corrected chi connectivity index (χ1v) is 6.59. The summed E-state index contributed by atoms with van der Waals surface area (Å²) in [4.78, 5) is 9.28. The summed E-state index contributed by atoms with van der Waals surface area (Å²) in [5.74, 6) is 0.814. The molecule has 0 aliphatic carbocycles. The van der Waals surface area contributed by atoms with Crippen LogP contribution in [0.15, 0.2) is 32.9 Å². The summed E-state index contributed by atoms with van der Waals surface area (Å²) in [6, 6.07) is 4.12. The summed E-state index contributed by atoms with van der Waals surface area (Å²) < 4.78 is 2.02. The van der Waals surface area contributed by atoms with E-state index in [-0.39, 0.29) is 0 Å². The van der Waals surface area contributed by atoms with Crippen molar-refractivity contribution in [1.82, 2.24) is 9.97 Å². The molecule has 0 spiro atoms. The second-order valence-corrected chi connectivity index (χ2v) is 6.18. The summed E-state index contributed by atoms with van der Waals surface area (Å²) in [6.07, 6.45) is 3.25. The van der Waals surface area contributed by atoms with E-state index in [4.69, 9.17) is 0 Å². The second-order valence-electron chi connectivity index (χ2n) is 2.78. The predicted molar refractivity (Wildman–Crippen MR) is 69.1 cm³/mol. The van der Waals surface area contributed by atoms with Gasteiger partial charge in [-0.2, -0.15) is 0 Å². The van der Waals surface area contributed by atoms with Crippen molar-refractivity contribution in [3.63, 3.8) is 0 Å². The molecule has 0 unspecified atom stereocenters. The Bertz CT molecular complexity index is 458. The van der Waals surface area contributed by atoms with E-state index >= 15 is 0 Å². The third kappa shape index (κ3) is 2.99. The highest BCUT2D eigenvalue weighted by Crippen LogP contribution is 2.24. The fraction of sp³-hybridized carbons (Fsp3) is 0.111. The van der Waals surface area contributed by atoms with Crippen LogP contribution in [0.2, 0.25) is 0 Å². The first-order valence-electron chi connectivity index (χ1n) is 4.19. The van der Waals surface area contributed by atoms with E-state index in [1.807, 2.05) is 6.07 Å². The summed E-state index contributed by atoms with van der Waals surface area (Å²) in [7, 11) is 0. The van der Waals surface area contributed by atoms with Gasteiger partial charge in [0.1, 0.15) is 12.1 Å². The van der Waals surface area contributed by atoms with Crippen LogP contribution in [0.3, 0.4) is 0 Å². The van der Waals surface area contributed by atoms with Crippen molar-refractivity contribution in [2.75, 3.05) is 5.32 Å². The Labute approximate surface area is 108 Å². The maximum Gasteiger partial charge on any atom is 0.144 e. The van der Waals surface area contributed by atoms with Crippen LogP contribution in [0, 0.1) is 0 Å². The van der Waals surface area contributed by atoms with E-state index in [1.54, 1.807) is 17.5 Å². The number of halogens is 2. The summed E-state index contributed by atoms with van der Waals surface area (Å²) >= 11 is 8.52. The van der Waals surface area contributed by atoms with Gasteiger partial charge in [0.25, 0.3) is 0 Å². The van der Waals surface area contributed by atoms with E-state index in [9.17, 15) is 0 Å². The van der Waals surface area contributed by atoms with Crippen LogP contribution >= 0.6 is 43.2 Å². The fourth-order valence-corrected chi connectivity index (χ4v) is 2.84. The molecule has 0 saturated heterocycles. The molecule has 0 aliphatic heterocycles. The average Bonchev–Trinajstić information content (AvgIpc) is 2.63. The zero-order chi connectivity index (χ0) is 10.7. The lowest BCUT2D eigenvalue weighted by Gasteiger charge is -2.04. The van der Waals surface area contributed by atoms with Gasteiger partial charge in [-0.1, -0.05) is 0 Å². The van der Waals surface area contributed by atoms with Crippen molar-refractivity contribution in [1.29, 1.82) is 0 Å². The Balaban J connectivity index is 2.02. The Hall–Kier alpha value is -0.460. The first-order chi connectivity index (χ1) is 7.25. The van der Waals surface area contributed by atoms with Crippen LogP contribution in [-0.4, -0.2) is 9.97 Å². The van der Waals surface area contributed by atoms with Gasteiger partial charge in [-0.25, -0.2) is 9.97 Å². The molecule has 0 radical (unpaired) electrons. The van der Waals surface area contributed by atoms with Gasteiger partial charge in [-0.15, -0.1) is 11.3 Å².